The first-order chi connectivity index (χ1) is 8.70. The fourth-order valence-electron chi connectivity index (χ4n) is 1.52. The van der Waals surface area contributed by atoms with E-state index in [1.807, 2.05) is 24.3 Å². The number of hydrogen-bond donors (Lipinski definition) is 3. The third kappa shape index (κ3) is 2.75. The van der Waals surface area contributed by atoms with E-state index < -0.39 is 0 Å². The van der Waals surface area contributed by atoms with Crippen molar-refractivity contribution in [3.63, 3.8) is 0 Å². The summed E-state index contributed by atoms with van der Waals surface area (Å²) >= 11 is 4.84. The molecule has 0 saturated carbocycles. The number of fused-ring (bicyclic) bond motifs is 1. The molecule has 1 amide bonds. The number of benzene rings is 1. The molecule has 0 radical (unpaired) electrons. The summed E-state index contributed by atoms with van der Waals surface area (Å²) in [4.78, 5) is 15.9. The summed E-state index contributed by atoms with van der Waals surface area (Å²) in [5, 5.41) is 3.06. The molecular formula is C11H13N5OS. The Morgan fingerprint density at radius 3 is 2.94 bits per heavy atom. The fraction of sp³-hybridized carbons (Fsp3) is 0.182. The van der Waals surface area contributed by atoms with Gasteiger partial charge in [-0.2, -0.15) is 0 Å². The zero-order valence-corrected chi connectivity index (χ0v) is 10.6. The highest BCUT2D eigenvalue weighted by Gasteiger charge is 2.06. The second-order valence-corrected chi connectivity index (χ2v) is 4.02. The van der Waals surface area contributed by atoms with Crippen LogP contribution in [0.3, 0.4) is 0 Å². The van der Waals surface area contributed by atoms with Gasteiger partial charge in [-0.25, -0.2) is 4.98 Å². The molecule has 2 aromatic rings. The molecule has 1 aromatic heterocycles. The summed E-state index contributed by atoms with van der Waals surface area (Å²) in [6, 6.07) is 7.64. The molecule has 0 saturated heterocycles. The molecule has 0 bridgehead atoms. The standard InChI is InChI=1S/C11H13N5OS/c1-12-11(18)15-14-10(17)6-16-7-13-8-4-2-3-5-9(8)16/h2-5,7H,6H2,1H3,(H,14,17)(H2,12,15,18). The fourth-order valence-corrected chi connectivity index (χ4v) is 1.57. The van der Waals surface area contributed by atoms with Crippen molar-refractivity contribution in [3.05, 3.63) is 30.6 Å². The first-order valence-corrected chi connectivity index (χ1v) is 5.78. The lowest BCUT2D eigenvalue weighted by Crippen LogP contribution is -2.46. The molecule has 0 spiro atoms. The van der Waals surface area contributed by atoms with Crippen molar-refractivity contribution >= 4 is 34.3 Å². The van der Waals surface area contributed by atoms with Crippen LogP contribution in [0.4, 0.5) is 0 Å². The average molecular weight is 263 g/mol. The molecular weight excluding hydrogens is 250 g/mol. The third-order valence-corrected chi connectivity index (χ3v) is 2.69. The molecule has 0 aliphatic heterocycles. The highest BCUT2D eigenvalue weighted by molar-refractivity contribution is 7.80. The zero-order valence-electron chi connectivity index (χ0n) is 9.80. The van der Waals surface area contributed by atoms with Gasteiger partial charge in [-0.05, 0) is 24.4 Å². The Balaban J connectivity index is 2.01. The lowest BCUT2D eigenvalue weighted by atomic mass is 10.3. The number of aromatic nitrogens is 2. The number of hydrazine groups is 1. The smallest absolute Gasteiger partial charge is 0.258 e. The van der Waals surface area contributed by atoms with E-state index in [1.54, 1.807) is 17.9 Å². The highest BCUT2D eigenvalue weighted by Crippen LogP contribution is 2.10. The lowest BCUT2D eigenvalue weighted by molar-refractivity contribution is -0.122. The summed E-state index contributed by atoms with van der Waals surface area (Å²) in [5.74, 6) is -0.198. The maximum atomic E-state index is 11.7. The molecule has 18 heavy (non-hydrogen) atoms. The van der Waals surface area contributed by atoms with Gasteiger partial charge in [-0.3, -0.25) is 15.6 Å². The van der Waals surface area contributed by atoms with E-state index in [9.17, 15) is 4.79 Å². The molecule has 0 atom stereocenters. The van der Waals surface area contributed by atoms with E-state index in [1.165, 1.54) is 0 Å². The van der Waals surface area contributed by atoms with E-state index in [0.717, 1.165) is 11.0 Å². The molecule has 0 unspecified atom stereocenters. The SMILES string of the molecule is CNC(=S)NNC(=O)Cn1cnc2ccccc21. The average Bonchev–Trinajstić information content (AvgIpc) is 2.79. The second kappa shape index (κ2) is 5.46. The maximum absolute atomic E-state index is 11.7. The van der Waals surface area contributed by atoms with Gasteiger partial charge in [0.2, 0.25) is 0 Å². The van der Waals surface area contributed by atoms with E-state index in [-0.39, 0.29) is 12.5 Å². The van der Waals surface area contributed by atoms with Crippen molar-refractivity contribution < 1.29 is 4.79 Å². The topological polar surface area (TPSA) is 71.0 Å². The van der Waals surface area contributed by atoms with Gasteiger partial charge in [-0.15, -0.1) is 0 Å². The number of imidazole rings is 1. The Kier molecular flexibility index (Phi) is 3.73. The summed E-state index contributed by atoms with van der Waals surface area (Å²) in [7, 11) is 1.67. The Morgan fingerprint density at radius 2 is 2.17 bits per heavy atom. The summed E-state index contributed by atoms with van der Waals surface area (Å²) < 4.78 is 1.77. The molecule has 0 aliphatic carbocycles. The van der Waals surface area contributed by atoms with Crippen LogP contribution in [0.2, 0.25) is 0 Å². The van der Waals surface area contributed by atoms with Crippen molar-refractivity contribution in [2.75, 3.05) is 7.05 Å². The minimum absolute atomic E-state index is 0.180. The van der Waals surface area contributed by atoms with Crippen molar-refractivity contribution in [1.82, 2.24) is 25.7 Å². The molecule has 6 nitrogen and oxygen atoms in total. The normalized spacial score (nSPS) is 10.1. The Labute approximate surface area is 109 Å². The van der Waals surface area contributed by atoms with Crippen LogP contribution >= 0.6 is 12.2 Å². The third-order valence-electron chi connectivity index (χ3n) is 2.38. The highest BCUT2D eigenvalue weighted by atomic mass is 32.1. The lowest BCUT2D eigenvalue weighted by Gasteiger charge is -2.09. The number of nitrogens with zero attached hydrogens (tertiary/aromatic N) is 2. The Bertz CT molecular complexity index is 580. The summed E-state index contributed by atoms with van der Waals surface area (Å²) in [6.07, 6.45) is 1.64. The van der Waals surface area contributed by atoms with Crippen LogP contribution in [0.25, 0.3) is 11.0 Å². The van der Waals surface area contributed by atoms with Crippen LogP contribution in [-0.4, -0.2) is 27.6 Å². The summed E-state index contributed by atoms with van der Waals surface area (Å²) in [5.41, 5.74) is 6.86. The maximum Gasteiger partial charge on any atom is 0.258 e. The number of para-hydroxylation sites is 2. The molecule has 0 fully saturated rings. The van der Waals surface area contributed by atoms with Crippen LogP contribution in [0.15, 0.2) is 30.6 Å². The zero-order chi connectivity index (χ0) is 13.0. The van der Waals surface area contributed by atoms with Crippen molar-refractivity contribution in [2.24, 2.45) is 0 Å². The van der Waals surface area contributed by atoms with E-state index in [0.29, 0.717) is 5.11 Å². The van der Waals surface area contributed by atoms with Gasteiger partial charge < -0.3 is 9.88 Å². The first kappa shape index (κ1) is 12.3. The monoisotopic (exact) mass is 263 g/mol. The molecule has 94 valence electrons. The van der Waals surface area contributed by atoms with Gasteiger partial charge in [0.05, 0.1) is 17.4 Å². The number of carbonyl (C=O) groups excluding carboxylic acids is 1. The molecule has 7 heteroatoms. The summed E-state index contributed by atoms with van der Waals surface area (Å²) in [6.45, 7) is 0.180. The van der Waals surface area contributed by atoms with Crippen molar-refractivity contribution in [3.8, 4) is 0 Å². The van der Waals surface area contributed by atoms with Crippen LogP contribution in [0.1, 0.15) is 0 Å². The van der Waals surface area contributed by atoms with Crippen LogP contribution in [0, 0.1) is 0 Å². The minimum atomic E-state index is -0.198. The molecule has 1 heterocycles. The molecule has 0 aliphatic rings. The van der Waals surface area contributed by atoms with Crippen LogP contribution in [0.5, 0.6) is 0 Å². The van der Waals surface area contributed by atoms with Gasteiger partial charge in [0.1, 0.15) is 6.54 Å². The van der Waals surface area contributed by atoms with E-state index in [2.05, 4.69) is 21.2 Å². The Hall–Kier alpha value is -2.15. The van der Waals surface area contributed by atoms with E-state index in [4.69, 9.17) is 12.2 Å². The van der Waals surface area contributed by atoms with E-state index >= 15 is 0 Å². The number of rotatable bonds is 2. The van der Waals surface area contributed by atoms with Crippen molar-refractivity contribution in [1.29, 1.82) is 0 Å². The second-order valence-electron chi connectivity index (χ2n) is 3.61. The van der Waals surface area contributed by atoms with Gasteiger partial charge >= 0.3 is 0 Å². The van der Waals surface area contributed by atoms with Gasteiger partial charge in [0.15, 0.2) is 5.11 Å². The molecule has 2 rings (SSSR count). The largest absolute Gasteiger partial charge is 0.364 e. The predicted octanol–water partition coefficient (Wildman–Crippen LogP) is 0.161. The predicted molar refractivity (Wildman–Crippen MR) is 72.7 cm³/mol. The number of amides is 1. The quantitative estimate of drug-likeness (QED) is 0.532. The number of hydrogen-bond acceptors (Lipinski definition) is 3. The Morgan fingerprint density at radius 1 is 1.39 bits per heavy atom. The molecule has 3 N–H and O–H groups in total. The van der Waals surface area contributed by atoms with Crippen LogP contribution < -0.4 is 16.2 Å². The number of nitrogens with one attached hydrogen (secondary N) is 3. The minimum Gasteiger partial charge on any atom is -0.364 e. The van der Waals surface area contributed by atoms with Gasteiger partial charge in [-0.1, -0.05) is 12.1 Å². The first-order valence-electron chi connectivity index (χ1n) is 5.37. The van der Waals surface area contributed by atoms with Gasteiger partial charge in [0, 0.05) is 7.05 Å². The molecule has 1 aromatic carbocycles. The number of thiocarbonyl (C=S) groups is 1. The van der Waals surface area contributed by atoms with Crippen LogP contribution in [-0.2, 0) is 11.3 Å². The van der Waals surface area contributed by atoms with Gasteiger partial charge in [0.25, 0.3) is 5.91 Å². The number of carbonyl (C=O) groups is 1. The van der Waals surface area contributed by atoms with Crippen molar-refractivity contribution in [2.45, 2.75) is 6.54 Å².